The highest BCUT2D eigenvalue weighted by molar-refractivity contribution is 5.94. The zero-order valence-corrected chi connectivity index (χ0v) is 14.6. The van der Waals surface area contributed by atoms with Crippen molar-refractivity contribution in [3.63, 3.8) is 0 Å². The Hall–Kier alpha value is -2.74. The average Bonchev–Trinajstić information content (AvgIpc) is 2.62. The lowest BCUT2D eigenvalue weighted by atomic mass is 10.2. The predicted octanol–water partition coefficient (Wildman–Crippen LogP) is 0.478. The minimum absolute atomic E-state index is 0.0829. The van der Waals surface area contributed by atoms with Crippen LogP contribution in [0.3, 0.4) is 0 Å². The summed E-state index contributed by atoms with van der Waals surface area (Å²) in [6.45, 7) is 3.54. The van der Waals surface area contributed by atoms with Gasteiger partial charge in [-0.05, 0) is 12.1 Å². The van der Waals surface area contributed by atoms with Crippen molar-refractivity contribution in [1.29, 1.82) is 0 Å². The van der Waals surface area contributed by atoms with Gasteiger partial charge in [-0.2, -0.15) is 15.0 Å². The molecule has 2 aromatic rings. The number of nitrogens with two attached hydrogens (primary N) is 1. The Kier molecular flexibility index (Phi) is 5.08. The zero-order chi connectivity index (χ0) is 17.8. The molecule has 1 fully saturated rings. The summed E-state index contributed by atoms with van der Waals surface area (Å²) in [5, 5.41) is 0. The summed E-state index contributed by atoms with van der Waals surface area (Å²) in [7, 11) is 3.74. The molecular formula is C17H23N7O. The van der Waals surface area contributed by atoms with Crippen LogP contribution in [0.2, 0.25) is 0 Å². The number of piperazine rings is 1. The van der Waals surface area contributed by atoms with Crippen molar-refractivity contribution in [2.24, 2.45) is 0 Å². The van der Waals surface area contributed by atoms with Crippen LogP contribution in [0.4, 0.5) is 11.9 Å². The van der Waals surface area contributed by atoms with Gasteiger partial charge in [0.05, 0.1) is 6.54 Å². The molecule has 1 aromatic carbocycles. The zero-order valence-electron chi connectivity index (χ0n) is 14.6. The van der Waals surface area contributed by atoms with E-state index in [4.69, 9.17) is 5.73 Å². The fraction of sp³-hybridized carbons (Fsp3) is 0.412. The minimum atomic E-state index is 0.0829. The van der Waals surface area contributed by atoms with Gasteiger partial charge in [-0.1, -0.05) is 18.2 Å². The van der Waals surface area contributed by atoms with Crippen LogP contribution >= 0.6 is 0 Å². The summed E-state index contributed by atoms with van der Waals surface area (Å²) in [5.41, 5.74) is 6.50. The lowest BCUT2D eigenvalue weighted by Gasteiger charge is -2.34. The van der Waals surface area contributed by atoms with Gasteiger partial charge >= 0.3 is 0 Å². The van der Waals surface area contributed by atoms with E-state index in [2.05, 4.69) is 19.9 Å². The number of nitrogen functional groups attached to an aromatic ring is 1. The molecule has 1 aliphatic rings. The molecule has 0 bridgehead atoms. The average molecular weight is 341 g/mol. The number of anilines is 2. The second-order valence-corrected chi connectivity index (χ2v) is 6.24. The van der Waals surface area contributed by atoms with Gasteiger partial charge in [-0.15, -0.1) is 0 Å². The SMILES string of the molecule is CN(C)c1nc(N)nc(CN2CCN(C(=O)c3ccccc3)CC2)n1. The molecule has 0 radical (unpaired) electrons. The van der Waals surface area contributed by atoms with Crippen molar-refractivity contribution in [2.75, 3.05) is 50.9 Å². The van der Waals surface area contributed by atoms with Crippen molar-refractivity contribution in [2.45, 2.75) is 6.54 Å². The number of carbonyl (C=O) groups is 1. The van der Waals surface area contributed by atoms with Crippen molar-refractivity contribution in [3.8, 4) is 0 Å². The van der Waals surface area contributed by atoms with Gasteiger partial charge in [0.25, 0.3) is 5.91 Å². The molecule has 1 saturated heterocycles. The maximum Gasteiger partial charge on any atom is 0.253 e. The molecule has 8 heteroatoms. The smallest absolute Gasteiger partial charge is 0.253 e. The van der Waals surface area contributed by atoms with Gasteiger partial charge in [-0.25, -0.2) is 0 Å². The molecule has 1 aliphatic heterocycles. The van der Waals surface area contributed by atoms with Crippen LogP contribution in [0.25, 0.3) is 0 Å². The van der Waals surface area contributed by atoms with Crippen LogP contribution in [0, 0.1) is 0 Å². The second-order valence-electron chi connectivity index (χ2n) is 6.24. The third-order valence-electron chi connectivity index (χ3n) is 4.13. The lowest BCUT2D eigenvalue weighted by Crippen LogP contribution is -2.48. The first-order valence-corrected chi connectivity index (χ1v) is 8.27. The maximum absolute atomic E-state index is 12.5. The first-order valence-electron chi connectivity index (χ1n) is 8.27. The summed E-state index contributed by atoms with van der Waals surface area (Å²) < 4.78 is 0. The molecule has 0 aliphatic carbocycles. The predicted molar refractivity (Wildman–Crippen MR) is 96.2 cm³/mol. The Labute approximate surface area is 147 Å². The number of hydrogen-bond acceptors (Lipinski definition) is 7. The number of aromatic nitrogens is 3. The van der Waals surface area contributed by atoms with E-state index < -0.39 is 0 Å². The Balaban J connectivity index is 1.59. The fourth-order valence-electron chi connectivity index (χ4n) is 2.77. The van der Waals surface area contributed by atoms with E-state index >= 15 is 0 Å². The Morgan fingerprint density at radius 1 is 1.08 bits per heavy atom. The molecule has 0 saturated carbocycles. The molecule has 2 N–H and O–H groups in total. The molecular weight excluding hydrogens is 318 g/mol. The highest BCUT2D eigenvalue weighted by Gasteiger charge is 2.22. The van der Waals surface area contributed by atoms with Crippen molar-refractivity contribution in [3.05, 3.63) is 41.7 Å². The second kappa shape index (κ2) is 7.43. The molecule has 3 rings (SSSR count). The van der Waals surface area contributed by atoms with Gasteiger partial charge in [0.1, 0.15) is 5.82 Å². The molecule has 25 heavy (non-hydrogen) atoms. The Morgan fingerprint density at radius 3 is 2.40 bits per heavy atom. The normalized spacial score (nSPS) is 15.2. The number of amides is 1. The van der Waals surface area contributed by atoms with Crippen molar-refractivity contribution >= 4 is 17.8 Å². The first-order chi connectivity index (χ1) is 12.0. The van der Waals surface area contributed by atoms with E-state index in [1.807, 2.05) is 49.3 Å². The van der Waals surface area contributed by atoms with Gasteiger partial charge in [0.2, 0.25) is 11.9 Å². The highest BCUT2D eigenvalue weighted by atomic mass is 16.2. The van der Waals surface area contributed by atoms with Crippen LogP contribution in [0.1, 0.15) is 16.2 Å². The first kappa shape index (κ1) is 17.1. The van der Waals surface area contributed by atoms with E-state index in [0.29, 0.717) is 31.4 Å². The summed E-state index contributed by atoms with van der Waals surface area (Å²) >= 11 is 0. The topological polar surface area (TPSA) is 91.5 Å². The minimum Gasteiger partial charge on any atom is -0.368 e. The monoisotopic (exact) mass is 341 g/mol. The van der Waals surface area contributed by atoms with E-state index in [-0.39, 0.29) is 11.9 Å². The summed E-state index contributed by atoms with van der Waals surface area (Å²) in [5.74, 6) is 1.52. The molecule has 8 nitrogen and oxygen atoms in total. The largest absolute Gasteiger partial charge is 0.368 e. The Morgan fingerprint density at radius 2 is 1.76 bits per heavy atom. The summed E-state index contributed by atoms with van der Waals surface area (Å²) in [6, 6.07) is 9.39. The number of carbonyl (C=O) groups excluding carboxylic acids is 1. The van der Waals surface area contributed by atoms with Crippen LogP contribution < -0.4 is 10.6 Å². The fourth-order valence-corrected chi connectivity index (χ4v) is 2.77. The number of nitrogens with zero attached hydrogens (tertiary/aromatic N) is 6. The third kappa shape index (κ3) is 4.21. The third-order valence-corrected chi connectivity index (χ3v) is 4.13. The quantitative estimate of drug-likeness (QED) is 0.864. The van der Waals surface area contributed by atoms with Gasteiger partial charge < -0.3 is 15.5 Å². The van der Waals surface area contributed by atoms with E-state index in [0.717, 1.165) is 18.7 Å². The molecule has 1 amide bonds. The number of benzene rings is 1. The highest BCUT2D eigenvalue weighted by Crippen LogP contribution is 2.12. The van der Waals surface area contributed by atoms with E-state index in [1.165, 1.54) is 0 Å². The van der Waals surface area contributed by atoms with Crippen LogP contribution in [0.15, 0.2) is 30.3 Å². The molecule has 0 atom stereocenters. The summed E-state index contributed by atoms with van der Waals surface area (Å²) in [4.78, 5) is 31.2. The van der Waals surface area contributed by atoms with E-state index in [1.54, 1.807) is 4.90 Å². The standard InChI is InChI=1S/C17H23N7O/c1-22(2)17-20-14(19-16(18)21-17)12-23-8-10-24(11-9-23)15(25)13-6-4-3-5-7-13/h3-7H,8-12H2,1-2H3,(H2,18,19,20,21). The van der Waals surface area contributed by atoms with Crippen LogP contribution in [0.5, 0.6) is 0 Å². The lowest BCUT2D eigenvalue weighted by molar-refractivity contribution is 0.0625. The van der Waals surface area contributed by atoms with Crippen LogP contribution in [-0.4, -0.2) is 70.9 Å². The van der Waals surface area contributed by atoms with Crippen molar-refractivity contribution < 1.29 is 4.79 Å². The molecule has 2 heterocycles. The molecule has 0 spiro atoms. The number of hydrogen-bond donors (Lipinski definition) is 1. The van der Waals surface area contributed by atoms with Crippen molar-refractivity contribution in [1.82, 2.24) is 24.8 Å². The van der Waals surface area contributed by atoms with E-state index in [9.17, 15) is 4.79 Å². The number of rotatable bonds is 4. The molecule has 0 unspecified atom stereocenters. The van der Waals surface area contributed by atoms with Crippen LogP contribution in [-0.2, 0) is 6.54 Å². The van der Waals surface area contributed by atoms with Gasteiger partial charge in [0.15, 0.2) is 0 Å². The molecule has 1 aromatic heterocycles. The maximum atomic E-state index is 12.5. The summed E-state index contributed by atoms with van der Waals surface area (Å²) in [6.07, 6.45) is 0. The molecule has 132 valence electrons. The Bertz CT molecular complexity index is 727. The van der Waals surface area contributed by atoms with Gasteiger partial charge in [0, 0.05) is 45.8 Å². The van der Waals surface area contributed by atoms with Gasteiger partial charge in [-0.3, -0.25) is 9.69 Å².